The lowest BCUT2D eigenvalue weighted by Crippen LogP contribution is -2.17. The molecule has 0 aromatic heterocycles. The van der Waals surface area contributed by atoms with Crippen LogP contribution >= 0.6 is 11.6 Å². The van der Waals surface area contributed by atoms with Crippen LogP contribution in [0.1, 0.15) is 6.42 Å². The fourth-order valence-electron chi connectivity index (χ4n) is 0.990. The molecule has 0 saturated heterocycles. The van der Waals surface area contributed by atoms with Gasteiger partial charge in [0.25, 0.3) is 0 Å². The minimum absolute atomic E-state index is 0.309. The first-order valence-corrected chi connectivity index (χ1v) is 4.70. The number of rotatable bonds is 5. The quantitative estimate of drug-likeness (QED) is 0.849. The molecular weight excluding hydrogens is 223 g/mol. The maximum atomic E-state index is 12.9. The van der Waals surface area contributed by atoms with Crippen molar-refractivity contribution in [2.24, 2.45) is 0 Å². The van der Waals surface area contributed by atoms with Gasteiger partial charge in [0, 0.05) is 0 Å². The molecule has 1 aromatic carbocycles. The molecule has 0 spiro atoms. The van der Waals surface area contributed by atoms with E-state index in [2.05, 4.69) is 0 Å². The van der Waals surface area contributed by atoms with Crippen molar-refractivity contribution in [3.8, 4) is 5.75 Å². The Labute approximate surface area is 91.4 Å². The van der Waals surface area contributed by atoms with E-state index in [1.807, 2.05) is 0 Å². The molecule has 1 unspecified atom stereocenters. The number of carbonyl (C=O) groups is 1. The van der Waals surface area contributed by atoms with Gasteiger partial charge in [-0.3, -0.25) is 4.79 Å². The predicted molar refractivity (Wildman–Crippen MR) is 54.1 cm³/mol. The molecule has 0 aliphatic heterocycles. The van der Waals surface area contributed by atoms with Gasteiger partial charge in [0.05, 0.1) is 11.4 Å². The fourth-order valence-corrected chi connectivity index (χ4v) is 1.18. The minimum atomic E-state index is -1.53. The molecule has 1 N–H and O–H groups in total. The van der Waals surface area contributed by atoms with Crippen LogP contribution in [0.25, 0.3) is 0 Å². The molecule has 0 amide bonds. The molecule has 82 valence electrons. The van der Waals surface area contributed by atoms with E-state index >= 15 is 0 Å². The summed E-state index contributed by atoms with van der Waals surface area (Å²) in [5.74, 6) is -0.836. The average Bonchev–Trinajstić information content (AvgIpc) is 2.15. The Morgan fingerprint density at radius 2 is 2.20 bits per heavy atom. The van der Waals surface area contributed by atoms with Gasteiger partial charge < -0.3 is 9.84 Å². The summed E-state index contributed by atoms with van der Waals surface area (Å²) < 4.78 is 18.0. The Kier molecular flexibility index (Phi) is 4.37. The summed E-state index contributed by atoms with van der Waals surface area (Å²) in [5.41, 5.74) is 0. The summed E-state index contributed by atoms with van der Waals surface area (Å²) in [6.07, 6.45) is -2.09. The number of alkyl halides is 1. The van der Waals surface area contributed by atoms with Gasteiger partial charge in [-0.15, -0.1) is 0 Å². The normalized spacial score (nSPS) is 12.1. The van der Waals surface area contributed by atoms with Crippen LogP contribution in [-0.2, 0) is 4.79 Å². The van der Waals surface area contributed by atoms with Gasteiger partial charge in [0.2, 0.25) is 0 Å². The van der Waals surface area contributed by atoms with Crippen LogP contribution in [0.15, 0.2) is 24.3 Å². The summed E-state index contributed by atoms with van der Waals surface area (Å²) in [5, 5.41) is 8.69. The first kappa shape index (κ1) is 11.8. The number of para-hydroxylation sites is 1. The monoisotopic (exact) mass is 232 g/mol. The molecule has 0 fully saturated rings. The van der Waals surface area contributed by atoms with Gasteiger partial charge in [0.15, 0.2) is 0 Å². The molecule has 0 bridgehead atoms. The molecule has 1 aromatic rings. The maximum absolute atomic E-state index is 12.9. The number of aliphatic carboxylic acids is 1. The van der Waals surface area contributed by atoms with E-state index in [1.54, 1.807) is 24.3 Å². The highest BCUT2D eigenvalue weighted by Gasteiger charge is 2.12. The van der Waals surface area contributed by atoms with E-state index in [0.29, 0.717) is 10.8 Å². The van der Waals surface area contributed by atoms with Gasteiger partial charge >= 0.3 is 5.97 Å². The molecule has 0 heterocycles. The summed E-state index contributed by atoms with van der Waals surface area (Å²) in [4.78, 5) is 10.2. The zero-order valence-electron chi connectivity index (χ0n) is 7.82. The van der Waals surface area contributed by atoms with E-state index in [9.17, 15) is 9.18 Å². The second-order valence-corrected chi connectivity index (χ2v) is 3.34. The standard InChI is InChI=1S/C10H10ClFO3/c11-8-3-1-2-4-9(8)15-6-7(12)5-10(13)14/h1-4,7H,5-6H2,(H,13,14). The van der Waals surface area contributed by atoms with Crippen LogP contribution in [0.5, 0.6) is 5.75 Å². The third-order valence-electron chi connectivity index (χ3n) is 1.65. The minimum Gasteiger partial charge on any atom is -0.489 e. The first-order chi connectivity index (χ1) is 7.09. The van der Waals surface area contributed by atoms with E-state index in [-0.39, 0.29) is 6.61 Å². The Morgan fingerprint density at radius 3 is 2.80 bits per heavy atom. The summed E-state index contributed by atoms with van der Waals surface area (Å²) in [6, 6.07) is 6.63. The lowest BCUT2D eigenvalue weighted by atomic mass is 10.3. The summed E-state index contributed by atoms with van der Waals surface area (Å²) in [7, 11) is 0. The number of carboxylic acids is 1. The fraction of sp³-hybridized carbons (Fsp3) is 0.300. The van der Waals surface area contributed by atoms with Crippen molar-refractivity contribution >= 4 is 17.6 Å². The third kappa shape index (κ3) is 4.16. The number of halogens is 2. The molecule has 0 aliphatic carbocycles. The van der Waals surface area contributed by atoms with Gasteiger partial charge in [-0.25, -0.2) is 4.39 Å². The molecule has 1 rings (SSSR count). The molecule has 0 aliphatic rings. The molecule has 1 atom stereocenters. The number of carboxylic acid groups (broad SMARTS) is 1. The smallest absolute Gasteiger partial charge is 0.306 e. The van der Waals surface area contributed by atoms with Crippen molar-refractivity contribution in [1.82, 2.24) is 0 Å². The number of hydrogen-bond acceptors (Lipinski definition) is 2. The van der Waals surface area contributed by atoms with Crippen molar-refractivity contribution in [2.45, 2.75) is 12.6 Å². The van der Waals surface area contributed by atoms with Crippen molar-refractivity contribution in [2.75, 3.05) is 6.61 Å². The van der Waals surface area contributed by atoms with E-state index in [1.165, 1.54) is 0 Å². The highest BCUT2D eigenvalue weighted by atomic mass is 35.5. The number of hydrogen-bond donors (Lipinski definition) is 1. The van der Waals surface area contributed by atoms with Crippen molar-refractivity contribution in [3.63, 3.8) is 0 Å². The zero-order chi connectivity index (χ0) is 11.3. The third-order valence-corrected chi connectivity index (χ3v) is 1.96. The summed E-state index contributed by atoms with van der Waals surface area (Å²) >= 11 is 5.75. The number of benzene rings is 1. The maximum Gasteiger partial charge on any atom is 0.306 e. The van der Waals surface area contributed by atoms with Crippen LogP contribution in [0.3, 0.4) is 0 Å². The predicted octanol–water partition coefficient (Wildman–Crippen LogP) is 2.53. The second kappa shape index (κ2) is 5.56. The SMILES string of the molecule is O=C(O)CC(F)COc1ccccc1Cl. The van der Waals surface area contributed by atoms with Gasteiger partial charge in [-0.2, -0.15) is 0 Å². The van der Waals surface area contributed by atoms with E-state index in [4.69, 9.17) is 21.4 Å². The van der Waals surface area contributed by atoms with Gasteiger partial charge in [-0.05, 0) is 12.1 Å². The van der Waals surface area contributed by atoms with Crippen LogP contribution in [0.4, 0.5) is 4.39 Å². The van der Waals surface area contributed by atoms with Crippen molar-refractivity contribution in [1.29, 1.82) is 0 Å². The molecule has 3 nitrogen and oxygen atoms in total. The molecule has 0 saturated carbocycles. The Balaban J connectivity index is 2.43. The second-order valence-electron chi connectivity index (χ2n) is 2.94. The molecule has 0 radical (unpaired) electrons. The summed E-state index contributed by atoms with van der Waals surface area (Å²) in [6.45, 7) is -0.309. The largest absolute Gasteiger partial charge is 0.489 e. The Hall–Kier alpha value is -1.29. The van der Waals surface area contributed by atoms with Gasteiger partial charge in [0.1, 0.15) is 18.5 Å². The topological polar surface area (TPSA) is 46.5 Å². The highest BCUT2D eigenvalue weighted by Crippen LogP contribution is 2.23. The van der Waals surface area contributed by atoms with E-state index in [0.717, 1.165) is 0 Å². The lowest BCUT2D eigenvalue weighted by molar-refractivity contribution is -0.138. The Bertz CT molecular complexity index is 343. The number of ether oxygens (including phenoxy) is 1. The van der Waals surface area contributed by atoms with Crippen LogP contribution in [-0.4, -0.2) is 23.9 Å². The molecular formula is C10H10ClFO3. The Morgan fingerprint density at radius 1 is 1.53 bits per heavy atom. The highest BCUT2D eigenvalue weighted by molar-refractivity contribution is 6.32. The average molecular weight is 233 g/mol. The van der Waals surface area contributed by atoms with Crippen LogP contribution < -0.4 is 4.74 Å². The lowest BCUT2D eigenvalue weighted by Gasteiger charge is -2.09. The van der Waals surface area contributed by atoms with E-state index < -0.39 is 18.6 Å². The van der Waals surface area contributed by atoms with Crippen LogP contribution in [0.2, 0.25) is 5.02 Å². The van der Waals surface area contributed by atoms with Crippen molar-refractivity contribution < 1.29 is 19.0 Å². The van der Waals surface area contributed by atoms with Crippen molar-refractivity contribution in [3.05, 3.63) is 29.3 Å². The first-order valence-electron chi connectivity index (χ1n) is 4.33. The zero-order valence-corrected chi connectivity index (χ0v) is 8.58. The molecule has 15 heavy (non-hydrogen) atoms. The van der Waals surface area contributed by atoms with Gasteiger partial charge in [-0.1, -0.05) is 23.7 Å². The van der Waals surface area contributed by atoms with Crippen LogP contribution in [0, 0.1) is 0 Å². The molecule has 5 heteroatoms.